The molecule has 1 aliphatic carbocycles. The fourth-order valence-electron chi connectivity index (χ4n) is 2.64. The van der Waals surface area contributed by atoms with E-state index >= 15 is 0 Å². The quantitative estimate of drug-likeness (QED) is 0.674. The Hall–Kier alpha value is -2.70. The fraction of sp³-hybridized carbons (Fsp3) is 0.375. The first-order valence-corrected chi connectivity index (χ1v) is 7.77. The third-order valence-corrected chi connectivity index (χ3v) is 3.92. The van der Waals surface area contributed by atoms with Crippen molar-refractivity contribution in [1.82, 2.24) is 24.4 Å². The molecule has 0 amide bonds. The van der Waals surface area contributed by atoms with Gasteiger partial charge in [-0.1, -0.05) is 11.3 Å². The van der Waals surface area contributed by atoms with Crippen molar-refractivity contribution in [1.29, 1.82) is 0 Å². The van der Waals surface area contributed by atoms with Crippen molar-refractivity contribution < 1.29 is 9.53 Å². The maximum atomic E-state index is 11.6. The molecule has 3 heterocycles. The summed E-state index contributed by atoms with van der Waals surface area (Å²) < 4.78 is 8.55. The highest BCUT2D eigenvalue weighted by atomic mass is 16.5. The summed E-state index contributed by atoms with van der Waals surface area (Å²) in [4.78, 5) is 16.2. The van der Waals surface area contributed by atoms with Crippen molar-refractivity contribution >= 4 is 11.6 Å². The zero-order valence-corrected chi connectivity index (χ0v) is 12.8. The molecule has 0 bridgehead atoms. The summed E-state index contributed by atoms with van der Waals surface area (Å²) in [7, 11) is 0. The molecule has 0 saturated heterocycles. The Kier molecular flexibility index (Phi) is 3.33. The van der Waals surface area contributed by atoms with E-state index < -0.39 is 5.97 Å². The van der Waals surface area contributed by atoms with E-state index in [0.717, 1.165) is 11.3 Å². The van der Waals surface area contributed by atoms with Crippen LogP contribution < -0.4 is 0 Å². The molecule has 7 nitrogen and oxygen atoms in total. The van der Waals surface area contributed by atoms with Crippen LogP contribution in [0, 0.1) is 0 Å². The van der Waals surface area contributed by atoms with E-state index in [1.165, 1.54) is 18.4 Å². The summed E-state index contributed by atoms with van der Waals surface area (Å²) >= 11 is 0. The van der Waals surface area contributed by atoms with Crippen LogP contribution in [0.3, 0.4) is 0 Å². The highest BCUT2D eigenvalue weighted by Gasteiger charge is 2.23. The van der Waals surface area contributed by atoms with Gasteiger partial charge in [0, 0.05) is 12.4 Å². The largest absolute Gasteiger partial charge is 0.461 e. The molecule has 23 heavy (non-hydrogen) atoms. The monoisotopic (exact) mass is 311 g/mol. The molecule has 4 rings (SSSR count). The third-order valence-electron chi connectivity index (χ3n) is 3.92. The number of aromatic nitrogens is 5. The molecule has 0 spiro atoms. The summed E-state index contributed by atoms with van der Waals surface area (Å²) in [5.41, 5.74) is 3.37. The smallest absolute Gasteiger partial charge is 0.360 e. The summed E-state index contributed by atoms with van der Waals surface area (Å²) in [5.74, 6) is 0.260. The second kappa shape index (κ2) is 5.49. The van der Waals surface area contributed by atoms with E-state index in [4.69, 9.17) is 4.74 Å². The van der Waals surface area contributed by atoms with E-state index in [0.29, 0.717) is 19.1 Å². The van der Waals surface area contributed by atoms with Gasteiger partial charge in [0.05, 0.1) is 25.0 Å². The van der Waals surface area contributed by atoms with Crippen LogP contribution in [0.5, 0.6) is 0 Å². The topological polar surface area (TPSA) is 74.3 Å². The number of carbonyl (C=O) groups is 1. The van der Waals surface area contributed by atoms with Gasteiger partial charge in [-0.15, -0.1) is 5.10 Å². The van der Waals surface area contributed by atoms with Gasteiger partial charge >= 0.3 is 5.97 Å². The number of nitrogens with zero attached hydrogens (tertiary/aromatic N) is 5. The van der Waals surface area contributed by atoms with Gasteiger partial charge in [0.25, 0.3) is 0 Å². The Labute approximate surface area is 132 Å². The molecule has 0 unspecified atom stereocenters. The van der Waals surface area contributed by atoms with Crippen LogP contribution >= 0.6 is 0 Å². The molecule has 1 saturated carbocycles. The normalized spacial score (nSPS) is 14.3. The number of ether oxygens (including phenoxy) is 1. The molecular weight excluding hydrogens is 294 g/mol. The van der Waals surface area contributed by atoms with Crippen molar-refractivity contribution in [2.45, 2.75) is 32.2 Å². The zero-order valence-electron chi connectivity index (χ0n) is 12.8. The van der Waals surface area contributed by atoms with Gasteiger partial charge in [0.2, 0.25) is 0 Å². The SMILES string of the molecule is CCOC(=O)c1cn(Cc2cn3cc(C4CC4)ccc3n2)nn1. The van der Waals surface area contributed by atoms with Crippen LogP contribution in [0.2, 0.25) is 0 Å². The third kappa shape index (κ3) is 2.81. The standard InChI is InChI=1S/C16H17N5O2/c1-2-23-16(22)14-10-21(19-18-14)9-13-8-20-7-12(11-3-4-11)5-6-15(20)17-13/h5-8,10-11H,2-4,9H2,1H3. The van der Waals surface area contributed by atoms with Crippen molar-refractivity contribution in [3.8, 4) is 0 Å². The van der Waals surface area contributed by atoms with Crippen LogP contribution in [-0.4, -0.2) is 37.0 Å². The van der Waals surface area contributed by atoms with Gasteiger partial charge in [-0.25, -0.2) is 14.5 Å². The fourth-order valence-corrected chi connectivity index (χ4v) is 2.64. The van der Waals surface area contributed by atoms with Gasteiger partial charge < -0.3 is 9.14 Å². The van der Waals surface area contributed by atoms with Crippen LogP contribution in [-0.2, 0) is 11.3 Å². The number of hydrogen-bond donors (Lipinski definition) is 0. The maximum Gasteiger partial charge on any atom is 0.360 e. The van der Waals surface area contributed by atoms with E-state index in [1.54, 1.807) is 17.8 Å². The van der Waals surface area contributed by atoms with Crippen LogP contribution in [0.4, 0.5) is 0 Å². The number of esters is 1. The lowest BCUT2D eigenvalue weighted by molar-refractivity contribution is 0.0519. The Morgan fingerprint density at radius 1 is 1.30 bits per heavy atom. The minimum atomic E-state index is -0.456. The Bertz CT molecular complexity index is 862. The number of pyridine rings is 1. The van der Waals surface area contributed by atoms with E-state index in [-0.39, 0.29) is 5.69 Å². The molecule has 0 atom stereocenters. The van der Waals surface area contributed by atoms with Crippen LogP contribution in [0.1, 0.15) is 47.4 Å². The molecule has 0 N–H and O–H groups in total. The van der Waals surface area contributed by atoms with E-state index in [9.17, 15) is 4.79 Å². The second-order valence-electron chi connectivity index (χ2n) is 5.76. The molecule has 1 fully saturated rings. The molecule has 7 heteroatoms. The Morgan fingerprint density at radius 3 is 2.96 bits per heavy atom. The molecular formula is C16H17N5O2. The Morgan fingerprint density at radius 2 is 2.17 bits per heavy atom. The van der Waals surface area contributed by atoms with Gasteiger partial charge in [-0.05, 0) is 37.3 Å². The van der Waals surface area contributed by atoms with Gasteiger partial charge in [0.15, 0.2) is 5.69 Å². The lowest BCUT2D eigenvalue weighted by atomic mass is 10.2. The molecule has 118 valence electrons. The van der Waals surface area contributed by atoms with Gasteiger partial charge in [0.1, 0.15) is 5.65 Å². The van der Waals surface area contributed by atoms with Crippen molar-refractivity contribution in [2.24, 2.45) is 0 Å². The first-order valence-electron chi connectivity index (χ1n) is 7.77. The summed E-state index contributed by atoms with van der Waals surface area (Å²) in [6.07, 6.45) is 8.28. The van der Waals surface area contributed by atoms with E-state index in [2.05, 4.69) is 27.6 Å². The summed E-state index contributed by atoms with van der Waals surface area (Å²) in [5, 5.41) is 7.79. The van der Waals surface area contributed by atoms with Gasteiger partial charge in [-0.3, -0.25) is 0 Å². The highest BCUT2D eigenvalue weighted by molar-refractivity contribution is 5.86. The molecule has 3 aromatic rings. The second-order valence-corrected chi connectivity index (χ2v) is 5.76. The summed E-state index contributed by atoms with van der Waals surface area (Å²) in [6, 6.07) is 4.20. The molecule has 3 aromatic heterocycles. The highest BCUT2D eigenvalue weighted by Crippen LogP contribution is 2.39. The van der Waals surface area contributed by atoms with E-state index in [1.807, 2.05) is 16.7 Å². The van der Waals surface area contributed by atoms with Crippen molar-refractivity contribution in [3.63, 3.8) is 0 Å². The lowest BCUT2D eigenvalue weighted by Crippen LogP contribution is -2.05. The molecule has 1 aliphatic rings. The average molecular weight is 311 g/mol. The average Bonchev–Trinajstić information content (AvgIpc) is 3.15. The number of hydrogen-bond acceptors (Lipinski definition) is 5. The minimum absolute atomic E-state index is 0.214. The first kappa shape index (κ1) is 13.9. The maximum absolute atomic E-state index is 11.6. The zero-order chi connectivity index (χ0) is 15.8. The van der Waals surface area contributed by atoms with Gasteiger partial charge in [-0.2, -0.15) is 0 Å². The minimum Gasteiger partial charge on any atom is -0.461 e. The van der Waals surface area contributed by atoms with Crippen LogP contribution in [0.15, 0.2) is 30.7 Å². The van der Waals surface area contributed by atoms with Crippen LogP contribution in [0.25, 0.3) is 5.65 Å². The summed E-state index contributed by atoms with van der Waals surface area (Å²) in [6.45, 7) is 2.54. The predicted molar refractivity (Wildman–Crippen MR) is 82.2 cm³/mol. The lowest BCUT2D eigenvalue weighted by Gasteiger charge is -1.98. The number of imidazole rings is 1. The van der Waals surface area contributed by atoms with Crippen molar-refractivity contribution in [2.75, 3.05) is 6.61 Å². The predicted octanol–water partition coefficient (Wildman–Crippen LogP) is 2.03. The number of rotatable bonds is 5. The molecule has 0 aliphatic heterocycles. The molecule has 0 aromatic carbocycles. The first-order chi connectivity index (χ1) is 11.2. The van der Waals surface area contributed by atoms with Crippen molar-refractivity contribution in [3.05, 3.63) is 47.7 Å². The Balaban J connectivity index is 1.54. The number of carbonyl (C=O) groups excluding carboxylic acids is 1. The molecule has 0 radical (unpaired) electrons. The number of fused-ring (bicyclic) bond motifs is 1.